The lowest BCUT2D eigenvalue weighted by molar-refractivity contribution is -0.116. The van der Waals surface area contributed by atoms with Crippen molar-refractivity contribution in [3.63, 3.8) is 0 Å². The molecule has 0 aliphatic heterocycles. The molecular formula is C10H9BrCl2O. The zero-order valence-electron chi connectivity index (χ0n) is 7.56. The quantitative estimate of drug-likeness (QED) is 0.767. The van der Waals surface area contributed by atoms with Gasteiger partial charge in [-0.1, -0.05) is 45.7 Å². The molecule has 0 aliphatic carbocycles. The summed E-state index contributed by atoms with van der Waals surface area (Å²) < 4.78 is 0. The van der Waals surface area contributed by atoms with Crippen LogP contribution in [0.25, 0.3) is 0 Å². The molecule has 1 aromatic carbocycles. The van der Waals surface area contributed by atoms with E-state index in [2.05, 4.69) is 15.9 Å². The molecular weight excluding hydrogens is 287 g/mol. The van der Waals surface area contributed by atoms with Crippen molar-refractivity contribution in [3.05, 3.63) is 34.3 Å². The van der Waals surface area contributed by atoms with Crippen molar-refractivity contribution in [2.75, 3.05) is 0 Å². The van der Waals surface area contributed by atoms with Gasteiger partial charge in [-0.05, 0) is 18.1 Å². The highest BCUT2D eigenvalue weighted by Crippen LogP contribution is 2.32. The van der Waals surface area contributed by atoms with Crippen LogP contribution in [0, 0.1) is 0 Å². The monoisotopic (exact) mass is 294 g/mol. The highest BCUT2D eigenvalue weighted by Gasteiger charge is 2.17. The maximum Gasteiger partial charge on any atom is 0.147 e. The van der Waals surface area contributed by atoms with Crippen molar-refractivity contribution >= 4 is 44.9 Å². The molecule has 0 radical (unpaired) electrons. The predicted molar refractivity (Wildman–Crippen MR) is 63.4 cm³/mol. The minimum atomic E-state index is -0.349. The summed E-state index contributed by atoms with van der Waals surface area (Å²) in [7, 11) is 0. The van der Waals surface area contributed by atoms with Gasteiger partial charge in [0.25, 0.3) is 0 Å². The Bertz CT molecular complexity index is 352. The first-order chi connectivity index (χ1) is 6.57. The van der Waals surface area contributed by atoms with E-state index >= 15 is 0 Å². The third-order valence-electron chi connectivity index (χ3n) is 1.88. The third-order valence-corrected chi connectivity index (χ3v) is 3.77. The van der Waals surface area contributed by atoms with Gasteiger partial charge in [0.05, 0.1) is 4.83 Å². The average Bonchev–Trinajstić information content (AvgIpc) is 2.17. The minimum Gasteiger partial charge on any atom is -0.298 e. The van der Waals surface area contributed by atoms with E-state index in [1.807, 2.05) is 18.2 Å². The van der Waals surface area contributed by atoms with Crippen LogP contribution < -0.4 is 0 Å². The first-order valence-corrected chi connectivity index (χ1v) is 5.88. The zero-order valence-corrected chi connectivity index (χ0v) is 10.7. The van der Waals surface area contributed by atoms with Crippen molar-refractivity contribution in [3.8, 4) is 0 Å². The summed E-state index contributed by atoms with van der Waals surface area (Å²) in [6.07, 6.45) is 0. The van der Waals surface area contributed by atoms with Gasteiger partial charge >= 0.3 is 0 Å². The maximum absolute atomic E-state index is 11.2. The summed E-state index contributed by atoms with van der Waals surface area (Å²) in [6, 6.07) is 5.51. The molecule has 1 nitrogen and oxygen atoms in total. The second-order valence-electron chi connectivity index (χ2n) is 2.93. The van der Waals surface area contributed by atoms with E-state index in [4.69, 9.17) is 23.2 Å². The fourth-order valence-electron chi connectivity index (χ4n) is 1.12. The lowest BCUT2D eigenvalue weighted by atomic mass is 10.1. The highest BCUT2D eigenvalue weighted by molar-refractivity contribution is 9.09. The Balaban J connectivity index is 3.15. The van der Waals surface area contributed by atoms with Crippen LogP contribution in [0.3, 0.4) is 0 Å². The molecule has 1 aromatic rings. The number of halogens is 3. The molecule has 0 saturated heterocycles. The summed E-state index contributed by atoms with van der Waals surface area (Å²) in [6.45, 7) is 1.52. The fraction of sp³-hybridized carbons (Fsp3) is 0.300. The molecule has 76 valence electrons. The molecule has 4 heteroatoms. The molecule has 1 atom stereocenters. The Morgan fingerprint density at radius 1 is 1.57 bits per heavy atom. The SMILES string of the molecule is CC(=O)C(Br)c1cccc(CCl)c1Cl. The Morgan fingerprint density at radius 3 is 2.71 bits per heavy atom. The highest BCUT2D eigenvalue weighted by atomic mass is 79.9. The van der Waals surface area contributed by atoms with Crippen LogP contribution in [-0.2, 0) is 10.7 Å². The van der Waals surface area contributed by atoms with Crippen molar-refractivity contribution in [1.29, 1.82) is 0 Å². The van der Waals surface area contributed by atoms with Gasteiger partial charge in [-0.3, -0.25) is 4.79 Å². The summed E-state index contributed by atoms with van der Waals surface area (Å²) in [5, 5.41) is 0.569. The van der Waals surface area contributed by atoms with E-state index < -0.39 is 0 Å². The molecule has 0 saturated carbocycles. The van der Waals surface area contributed by atoms with E-state index in [9.17, 15) is 4.79 Å². The van der Waals surface area contributed by atoms with Gasteiger partial charge in [0, 0.05) is 10.9 Å². The molecule has 0 bridgehead atoms. The first-order valence-electron chi connectivity index (χ1n) is 4.05. The number of carbonyl (C=O) groups excluding carboxylic acids is 1. The average molecular weight is 296 g/mol. The van der Waals surface area contributed by atoms with E-state index in [1.54, 1.807) is 0 Å². The predicted octanol–water partition coefficient (Wildman–Crippen LogP) is 4.10. The maximum atomic E-state index is 11.2. The second kappa shape index (κ2) is 5.15. The molecule has 14 heavy (non-hydrogen) atoms. The van der Waals surface area contributed by atoms with Gasteiger partial charge in [-0.25, -0.2) is 0 Å². The number of benzene rings is 1. The molecule has 0 spiro atoms. The van der Waals surface area contributed by atoms with Crippen molar-refractivity contribution in [2.24, 2.45) is 0 Å². The Hall–Kier alpha value is -0.0500. The molecule has 1 rings (SSSR count). The van der Waals surface area contributed by atoms with Crippen LogP contribution in [0.5, 0.6) is 0 Å². The number of hydrogen-bond acceptors (Lipinski definition) is 1. The topological polar surface area (TPSA) is 17.1 Å². The summed E-state index contributed by atoms with van der Waals surface area (Å²) in [5.41, 5.74) is 1.62. The Kier molecular flexibility index (Phi) is 4.42. The molecule has 0 aromatic heterocycles. The lowest BCUT2D eigenvalue weighted by Gasteiger charge is -2.10. The number of ketones is 1. The third kappa shape index (κ3) is 2.50. The van der Waals surface area contributed by atoms with Crippen molar-refractivity contribution in [2.45, 2.75) is 17.6 Å². The van der Waals surface area contributed by atoms with Crippen LogP contribution in [0.1, 0.15) is 22.9 Å². The normalized spacial score (nSPS) is 12.6. The standard InChI is InChI=1S/C10H9BrCl2O/c1-6(14)9(11)8-4-2-3-7(5-12)10(8)13/h2-4,9H,5H2,1H3. The molecule has 0 N–H and O–H groups in total. The zero-order chi connectivity index (χ0) is 10.7. The van der Waals surface area contributed by atoms with Gasteiger partial charge in [0.15, 0.2) is 0 Å². The van der Waals surface area contributed by atoms with Crippen LogP contribution in [-0.4, -0.2) is 5.78 Å². The van der Waals surface area contributed by atoms with E-state index in [1.165, 1.54) is 6.92 Å². The Labute approximate surface area is 102 Å². The van der Waals surface area contributed by atoms with Gasteiger partial charge in [-0.15, -0.1) is 11.6 Å². The minimum absolute atomic E-state index is 0.0265. The number of hydrogen-bond donors (Lipinski definition) is 0. The molecule has 1 unspecified atom stereocenters. The van der Waals surface area contributed by atoms with E-state index in [-0.39, 0.29) is 10.6 Å². The smallest absolute Gasteiger partial charge is 0.147 e. The fourth-order valence-corrected chi connectivity index (χ4v) is 2.22. The van der Waals surface area contributed by atoms with Gasteiger partial charge in [0.1, 0.15) is 5.78 Å². The number of carbonyl (C=O) groups is 1. The van der Waals surface area contributed by atoms with Crippen molar-refractivity contribution < 1.29 is 4.79 Å². The molecule has 0 aliphatic rings. The van der Waals surface area contributed by atoms with E-state index in [0.29, 0.717) is 10.9 Å². The van der Waals surface area contributed by atoms with Crippen LogP contribution >= 0.6 is 39.1 Å². The largest absolute Gasteiger partial charge is 0.298 e. The summed E-state index contributed by atoms with van der Waals surface area (Å²) >= 11 is 15.1. The van der Waals surface area contributed by atoms with Crippen molar-refractivity contribution in [1.82, 2.24) is 0 Å². The lowest BCUT2D eigenvalue weighted by Crippen LogP contribution is -2.02. The van der Waals surface area contributed by atoms with Gasteiger partial charge in [-0.2, -0.15) is 0 Å². The molecule has 0 heterocycles. The molecule has 0 fully saturated rings. The second-order valence-corrected chi connectivity index (χ2v) is 4.49. The summed E-state index contributed by atoms with van der Waals surface area (Å²) in [5.74, 6) is 0.378. The van der Waals surface area contributed by atoms with Gasteiger partial charge < -0.3 is 0 Å². The number of Topliss-reactive ketones (excluding diaryl/α,β-unsaturated/α-hetero) is 1. The van der Waals surface area contributed by atoms with Gasteiger partial charge in [0.2, 0.25) is 0 Å². The van der Waals surface area contributed by atoms with Crippen LogP contribution in [0.4, 0.5) is 0 Å². The van der Waals surface area contributed by atoms with E-state index in [0.717, 1.165) is 11.1 Å². The van der Waals surface area contributed by atoms with Crippen LogP contribution in [0.15, 0.2) is 18.2 Å². The number of rotatable bonds is 3. The Morgan fingerprint density at radius 2 is 2.21 bits per heavy atom. The number of alkyl halides is 2. The first kappa shape index (κ1) is 12.0. The molecule has 0 amide bonds. The summed E-state index contributed by atoms with van der Waals surface area (Å²) in [4.78, 5) is 10.8. The van der Waals surface area contributed by atoms with Crippen LogP contribution in [0.2, 0.25) is 5.02 Å².